The minimum Gasteiger partial charge on any atom is -0.340 e. The molecule has 0 radical (unpaired) electrons. The van der Waals surface area contributed by atoms with Gasteiger partial charge in [-0.25, -0.2) is 0 Å². The molecule has 1 fully saturated rings. The Bertz CT molecular complexity index is 444. The highest BCUT2D eigenvalue weighted by Crippen LogP contribution is 2.26. The summed E-state index contributed by atoms with van der Waals surface area (Å²) < 4.78 is 0. The molecule has 3 nitrogen and oxygen atoms in total. The number of hydrogen-bond donors (Lipinski definition) is 1. The van der Waals surface area contributed by atoms with Gasteiger partial charge in [0.25, 0.3) is 0 Å². The van der Waals surface area contributed by atoms with Gasteiger partial charge in [-0.1, -0.05) is 49.6 Å². The van der Waals surface area contributed by atoms with Crippen LogP contribution in [0.15, 0.2) is 30.3 Å². The zero-order valence-electron chi connectivity index (χ0n) is 11.1. The van der Waals surface area contributed by atoms with Crippen molar-refractivity contribution in [2.75, 3.05) is 0 Å². The van der Waals surface area contributed by atoms with E-state index in [1.54, 1.807) is 0 Å². The maximum atomic E-state index is 12.0. The molecule has 1 atom stereocenters. The molecule has 1 aromatic carbocycles. The number of nitriles is 1. The van der Waals surface area contributed by atoms with Gasteiger partial charge in [-0.05, 0) is 24.3 Å². The van der Waals surface area contributed by atoms with Crippen molar-refractivity contribution in [3.8, 4) is 6.07 Å². The lowest BCUT2D eigenvalue weighted by Crippen LogP contribution is -2.40. The van der Waals surface area contributed by atoms with Gasteiger partial charge in [-0.15, -0.1) is 0 Å². The van der Waals surface area contributed by atoms with Crippen LogP contribution in [0.2, 0.25) is 0 Å². The quantitative estimate of drug-likeness (QED) is 0.900. The second kappa shape index (κ2) is 6.94. The van der Waals surface area contributed by atoms with E-state index in [4.69, 9.17) is 0 Å². The first-order valence-electron chi connectivity index (χ1n) is 7.02. The normalized spacial score (nSPS) is 17.4. The highest BCUT2D eigenvalue weighted by atomic mass is 16.1. The first-order valence-corrected chi connectivity index (χ1v) is 7.02. The second-order valence-corrected chi connectivity index (χ2v) is 5.23. The van der Waals surface area contributed by atoms with Crippen molar-refractivity contribution in [3.63, 3.8) is 0 Å². The standard InChI is InChI=1S/C16H20N2O/c17-12-15(14-9-5-2-6-10-14)18-16(19)11-13-7-3-1-4-8-13/h1,3-4,7-8,14-15H,2,5-6,9-11H2,(H,18,19). The van der Waals surface area contributed by atoms with Crippen molar-refractivity contribution < 1.29 is 4.79 Å². The molecule has 1 aliphatic rings. The molecule has 1 unspecified atom stereocenters. The number of amides is 1. The van der Waals surface area contributed by atoms with Crippen LogP contribution in [0.3, 0.4) is 0 Å². The van der Waals surface area contributed by atoms with Crippen LogP contribution in [0.1, 0.15) is 37.7 Å². The minimum absolute atomic E-state index is 0.0525. The fourth-order valence-corrected chi connectivity index (χ4v) is 2.73. The van der Waals surface area contributed by atoms with Gasteiger partial charge >= 0.3 is 0 Å². The Morgan fingerprint density at radius 1 is 1.26 bits per heavy atom. The van der Waals surface area contributed by atoms with E-state index in [9.17, 15) is 10.1 Å². The lowest BCUT2D eigenvalue weighted by atomic mass is 9.84. The molecule has 100 valence electrons. The SMILES string of the molecule is N#CC(NC(=O)Cc1ccccc1)C1CCCCC1. The third-order valence-electron chi connectivity index (χ3n) is 3.78. The van der Waals surface area contributed by atoms with Crippen LogP contribution in [-0.4, -0.2) is 11.9 Å². The predicted octanol–water partition coefficient (Wildman–Crippen LogP) is 2.82. The third kappa shape index (κ3) is 4.10. The Morgan fingerprint density at radius 2 is 1.95 bits per heavy atom. The smallest absolute Gasteiger partial charge is 0.225 e. The van der Waals surface area contributed by atoms with Crippen LogP contribution in [0.5, 0.6) is 0 Å². The highest BCUT2D eigenvalue weighted by molar-refractivity contribution is 5.79. The monoisotopic (exact) mass is 256 g/mol. The Labute approximate surface area is 114 Å². The summed E-state index contributed by atoms with van der Waals surface area (Å²) in [4.78, 5) is 12.0. The highest BCUT2D eigenvalue weighted by Gasteiger charge is 2.24. The van der Waals surface area contributed by atoms with Crippen LogP contribution >= 0.6 is 0 Å². The molecule has 1 aromatic rings. The summed E-state index contributed by atoms with van der Waals surface area (Å²) in [5.74, 6) is 0.279. The van der Waals surface area contributed by atoms with E-state index in [0.29, 0.717) is 12.3 Å². The van der Waals surface area contributed by atoms with E-state index in [1.807, 2.05) is 30.3 Å². The molecule has 1 N–H and O–H groups in total. The predicted molar refractivity (Wildman–Crippen MR) is 74.3 cm³/mol. The lowest BCUT2D eigenvalue weighted by molar-refractivity contribution is -0.121. The van der Waals surface area contributed by atoms with Gasteiger partial charge in [-0.3, -0.25) is 4.79 Å². The Kier molecular flexibility index (Phi) is 4.97. The molecule has 2 rings (SSSR count). The van der Waals surface area contributed by atoms with Crippen molar-refractivity contribution in [2.45, 2.75) is 44.6 Å². The number of carbonyl (C=O) groups is 1. The van der Waals surface area contributed by atoms with Gasteiger partial charge in [0, 0.05) is 0 Å². The largest absolute Gasteiger partial charge is 0.340 e. The summed E-state index contributed by atoms with van der Waals surface area (Å²) in [5.41, 5.74) is 0.986. The van der Waals surface area contributed by atoms with Crippen molar-refractivity contribution >= 4 is 5.91 Å². The molecule has 1 saturated carbocycles. The molecule has 0 saturated heterocycles. The molecule has 0 aromatic heterocycles. The van der Waals surface area contributed by atoms with Crippen molar-refractivity contribution in [1.82, 2.24) is 5.32 Å². The molecule has 0 bridgehead atoms. The van der Waals surface area contributed by atoms with Gasteiger partial charge in [0.2, 0.25) is 5.91 Å². The topological polar surface area (TPSA) is 52.9 Å². The number of rotatable bonds is 4. The zero-order chi connectivity index (χ0) is 13.5. The Balaban J connectivity index is 1.87. The van der Waals surface area contributed by atoms with Crippen LogP contribution in [0.25, 0.3) is 0 Å². The summed E-state index contributed by atoms with van der Waals surface area (Å²) in [6.07, 6.45) is 6.08. The molecule has 19 heavy (non-hydrogen) atoms. The Morgan fingerprint density at radius 3 is 2.58 bits per heavy atom. The number of nitrogens with zero attached hydrogens (tertiary/aromatic N) is 1. The van der Waals surface area contributed by atoms with E-state index in [1.165, 1.54) is 19.3 Å². The molecule has 3 heteroatoms. The summed E-state index contributed by atoms with van der Waals surface area (Å²) in [6, 6.07) is 11.6. The van der Waals surface area contributed by atoms with Crippen molar-refractivity contribution in [1.29, 1.82) is 5.26 Å². The van der Waals surface area contributed by atoms with E-state index in [0.717, 1.165) is 18.4 Å². The summed E-state index contributed by atoms with van der Waals surface area (Å²) in [7, 11) is 0. The second-order valence-electron chi connectivity index (χ2n) is 5.23. The summed E-state index contributed by atoms with van der Waals surface area (Å²) in [6.45, 7) is 0. The molecule has 1 aliphatic carbocycles. The number of benzene rings is 1. The van der Waals surface area contributed by atoms with Crippen LogP contribution in [-0.2, 0) is 11.2 Å². The van der Waals surface area contributed by atoms with Crippen LogP contribution in [0.4, 0.5) is 0 Å². The Hall–Kier alpha value is -1.82. The fourth-order valence-electron chi connectivity index (χ4n) is 2.73. The molecule has 0 heterocycles. The maximum absolute atomic E-state index is 12.0. The van der Waals surface area contributed by atoms with Crippen molar-refractivity contribution in [2.24, 2.45) is 5.92 Å². The van der Waals surface area contributed by atoms with Gasteiger partial charge < -0.3 is 5.32 Å². The fraction of sp³-hybridized carbons (Fsp3) is 0.500. The van der Waals surface area contributed by atoms with Gasteiger partial charge in [0.05, 0.1) is 12.5 Å². The average molecular weight is 256 g/mol. The van der Waals surface area contributed by atoms with Crippen molar-refractivity contribution in [3.05, 3.63) is 35.9 Å². The third-order valence-corrected chi connectivity index (χ3v) is 3.78. The van der Waals surface area contributed by atoms with E-state index in [-0.39, 0.29) is 11.9 Å². The average Bonchev–Trinajstić information content (AvgIpc) is 2.47. The molecular formula is C16H20N2O. The maximum Gasteiger partial charge on any atom is 0.225 e. The zero-order valence-corrected chi connectivity index (χ0v) is 11.1. The number of nitrogens with one attached hydrogen (secondary N) is 1. The molecule has 0 spiro atoms. The molecular weight excluding hydrogens is 236 g/mol. The first kappa shape index (κ1) is 13.6. The van der Waals surface area contributed by atoms with Gasteiger partial charge in [0.15, 0.2) is 0 Å². The van der Waals surface area contributed by atoms with Crippen LogP contribution in [0, 0.1) is 17.2 Å². The number of carbonyl (C=O) groups excluding carboxylic acids is 1. The van der Waals surface area contributed by atoms with Crippen LogP contribution < -0.4 is 5.32 Å². The van der Waals surface area contributed by atoms with E-state index in [2.05, 4.69) is 11.4 Å². The molecule has 1 amide bonds. The van der Waals surface area contributed by atoms with E-state index < -0.39 is 0 Å². The summed E-state index contributed by atoms with van der Waals surface area (Å²) >= 11 is 0. The van der Waals surface area contributed by atoms with Gasteiger partial charge in [0.1, 0.15) is 6.04 Å². The minimum atomic E-state index is -0.323. The van der Waals surface area contributed by atoms with Gasteiger partial charge in [-0.2, -0.15) is 5.26 Å². The lowest BCUT2D eigenvalue weighted by Gasteiger charge is -2.26. The van der Waals surface area contributed by atoms with E-state index >= 15 is 0 Å². The number of hydrogen-bond acceptors (Lipinski definition) is 2. The molecule has 0 aliphatic heterocycles. The summed E-state index contributed by atoms with van der Waals surface area (Å²) in [5, 5.41) is 12.1. The first-order chi connectivity index (χ1) is 9.29.